The maximum absolute atomic E-state index is 12.7. The van der Waals surface area contributed by atoms with Crippen LogP contribution in [0.2, 0.25) is 5.02 Å². The molecule has 1 fully saturated rings. The summed E-state index contributed by atoms with van der Waals surface area (Å²) in [6, 6.07) is 16.7. The van der Waals surface area contributed by atoms with Crippen LogP contribution in [0.15, 0.2) is 76.9 Å². The van der Waals surface area contributed by atoms with Crippen molar-refractivity contribution in [2.75, 3.05) is 14.2 Å². The first-order chi connectivity index (χ1) is 15.5. The Morgan fingerprint density at radius 3 is 2.69 bits per heavy atom. The number of amidine groups is 1. The second-order valence-corrected chi connectivity index (χ2v) is 8.35. The van der Waals surface area contributed by atoms with Crippen LogP contribution < -0.4 is 9.47 Å². The van der Waals surface area contributed by atoms with Gasteiger partial charge in [-0.3, -0.25) is 14.7 Å². The fourth-order valence-electron chi connectivity index (χ4n) is 2.97. The third-order valence-electron chi connectivity index (χ3n) is 4.67. The fraction of sp³-hybridized carbons (Fsp3) is 0.125. The van der Waals surface area contributed by atoms with Crippen molar-refractivity contribution < 1.29 is 14.3 Å². The van der Waals surface area contributed by atoms with E-state index in [4.69, 9.17) is 21.1 Å². The van der Waals surface area contributed by atoms with Crippen LogP contribution in [0, 0.1) is 0 Å². The second kappa shape index (κ2) is 9.89. The SMILES string of the molecule is COc1cc(/C=C2\SC(=Nc3cccnc3)N(C)C2=O)ccc1OCc1ccc(Cl)cc1. The first-order valence-electron chi connectivity index (χ1n) is 9.75. The van der Waals surface area contributed by atoms with Crippen molar-refractivity contribution >= 4 is 46.2 Å². The number of aliphatic imine (C=N–C) groups is 1. The number of carbonyl (C=O) groups is 1. The van der Waals surface area contributed by atoms with E-state index in [2.05, 4.69) is 9.98 Å². The van der Waals surface area contributed by atoms with Crippen molar-refractivity contribution in [3.05, 3.63) is 88.0 Å². The van der Waals surface area contributed by atoms with E-state index in [9.17, 15) is 4.79 Å². The molecule has 162 valence electrons. The van der Waals surface area contributed by atoms with Gasteiger partial charge < -0.3 is 9.47 Å². The van der Waals surface area contributed by atoms with Crippen molar-refractivity contribution in [1.29, 1.82) is 0 Å². The summed E-state index contributed by atoms with van der Waals surface area (Å²) in [4.78, 5) is 23.4. The smallest absolute Gasteiger partial charge is 0.266 e. The van der Waals surface area contributed by atoms with Crippen LogP contribution in [0.4, 0.5) is 5.69 Å². The number of rotatable bonds is 6. The van der Waals surface area contributed by atoms with Crippen LogP contribution in [0.3, 0.4) is 0 Å². The molecule has 6 nitrogen and oxygen atoms in total. The maximum atomic E-state index is 12.7. The molecular weight excluding hydrogens is 446 g/mol. The van der Waals surface area contributed by atoms with Crippen molar-refractivity contribution in [1.82, 2.24) is 9.88 Å². The van der Waals surface area contributed by atoms with Gasteiger partial charge >= 0.3 is 0 Å². The van der Waals surface area contributed by atoms with Crippen LogP contribution >= 0.6 is 23.4 Å². The number of benzene rings is 2. The Labute approximate surface area is 195 Å². The van der Waals surface area contributed by atoms with E-state index < -0.39 is 0 Å². The number of nitrogens with zero attached hydrogens (tertiary/aromatic N) is 3. The minimum Gasteiger partial charge on any atom is -0.493 e. The van der Waals surface area contributed by atoms with E-state index in [0.29, 0.717) is 38.9 Å². The van der Waals surface area contributed by atoms with Crippen LogP contribution in [-0.4, -0.2) is 35.1 Å². The highest BCUT2D eigenvalue weighted by Gasteiger charge is 2.30. The topological polar surface area (TPSA) is 64.0 Å². The van der Waals surface area contributed by atoms with Gasteiger partial charge in [-0.1, -0.05) is 29.8 Å². The van der Waals surface area contributed by atoms with Gasteiger partial charge in [-0.2, -0.15) is 0 Å². The van der Waals surface area contributed by atoms with Crippen molar-refractivity contribution in [2.45, 2.75) is 6.61 Å². The third kappa shape index (κ3) is 5.12. The Morgan fingerprint density at radius 2 is 1.97 bits per heavy atom. The lowest BCUT2D eigenvalue weighted by Crippen LogP contribution is -2.23. The quantitative estimate of drug-likeness (QED) is 0.446. The molecule has 1 aliphatic rings. The average Bonchev–Trinajstić information content (AvgIpc) is 3.07. The average molecular weight is 466 g/mol. The number of aromatic nitrogens is 1. The molecule has 3 aromatic rings. The van der Waals surface area contributed by atoms with Crippen molar-refractivity contribution in [2.24, 2.45) is 4.99 Å². The molecule has 1 aliphatic heterocycles. The van der Waals surface area contributed by atoms with Gasteiger partial charge in [0.15, 0.2) is 16.7 Å². The van der Waals surface area contributed by atoms with E-state index in [1.807, 2.05) is 54.6 Å². The normalized spacial score (nSPS) is 16.1. The molecule has 1 saturated heterocycles. The van der Waals surface area contributed by atoms with Gasteiger partial charge in [0.25, 0.3) is 5.91 Å². The number of hydrogen-bond acceptors (Lipinski definition) is 6. The summed E-state index contributed by atoms with van der Waals surface area (Å²) in [5, 5.41) is 1.28. The van der Waals surface area contributed by atoms with Gasteiger partial charge in [-0.05, 0) is 65.4 Å². The van der Waals surface area contributed by atoms with Crippen LogP contribution in [0.5, 0.6) is 11.5 Å². The number of carbonyl (C=O) groups excluding carboxylic acids is 1. The van der Waals surface area contributed by atoms with Gasteiger partial charge in [0.1, 0.15) is 6.61 Å². The van der Waals surface area contributed by atoms with Gasteiger partial charge in [0.2, 0.25) is 0 Å². The Bertz CT molecular complexity index is 1180. The van der Waals surface area contributed by atoms with Crippen LogP contribution in [-0.2, 0) is 11.4 Å². The van der Waals surface area contributed by atoms with Gasteiger partial charge in [-0.25, -0.2) is 4.99 Å². The molecular formula is C24H20ClN3O3S. The molecule has 0 unspecified atom stereocenters. The summed E-state index contributed by atoms with van der Waals surface area (Å²) in [6.07, 6.45) is 5.16. The van der Waals surface area contributed by atoms with E-state index in [0.717, 1.165) is 11.1 Å². The molecule has 4 rings (SSSR count). The number of likely N-dealkylation sites (N-methyl/N-ethyl adjacent to an activating group) is 1. The number of amides is 1. The zero-order valence-electron chi connectivity index (χ0n) is 17.5. The van der Waals surface area contributed by atoms with Crippen molar-refractivity contribution in [3.63, 3.8) is 0 Å². The maximum Gasteiger partial charge on any atom is 0.266 e. The number of pyridine rings is 1. The summed E-state index contributed by atoms with van der Waals surface area (Å²) in [5.74, 6) is 1.09. The summed E-state index contributed by atoms with van der Waals surface area (Å²) < 4.78 is 11.4. The zero-order valence-corrected chi connectivity index (χ0v) is 19.1. The predicted molar refractivity (Wildman–Crippen MR) is 128 cm³/mol. The van der Waals surface area contributed by atoms with E-state index in [1.165, 1.54) is 16.7 Å². The lowest BCUT2D eigenvalue weighted by atomic mass is 10.2. The van der Waals surface area contributed by atoms with Gasteiger partial charge in [0.05, 0.1) is 23.9 Å². The summed E-state index contributed by atoms with van der Waals surface area (Å²) >= 11 is 7.25. The third-order valence-corrected chi connectivity index (χ3v) is 5.98. The number of thioether (sulfide) groups is 1. The zero-order chi connectivity index (χ0) is 22.5. The number of hydrogen-bond donors (Lipinski definition) is 0. The molecule has 2 heterocycles. The number of methoxy groups -OCH3 is 1. The first kappa shape index (κ1) is 21.9. The number of halogens is 1. The molecule has 0 N–H and O–H groups in total. The Morgan fingerprint density at radius 1 is 1.16 bits per heavy atom. The first-order valence-corrected chi connectivity index (χ1v) is 10.9. The molecule has 0 radical (unpaired) electrons. The van der Waals surface area contributed by atoms with Gasteiger partial charge in [0, 0.05) is 18.3 Å². The Balaban J connectivity index is 1.51. The van der Waals surface area contributed by atoms with E-state index >= 15 is 0 Å². The fourth-order valence-corrected chi connectivity index (χ4v) is 4.08. The molecule has 0 spiro atoms. The highest BCUT2D eigenvalue weighted by molar-refractivity contribution is 8.18. The lowest BCUT2D eigenvalue weighted by Gasteiger charge is -2.11. The summed E-state index contributed by atoms with van der Waals surface area (Å²) in [6.45, 7) is 0.390. The number of ether oxygens (including phenoxy) is 2. The summed E-state index contributed by atoms with van der Waals surface area (Å²) in [5.41, 5.74) is 2.52. The van der Waals surface area contributed by atoms with Crippen LogP contribution in [0.25, 0.3) is 6.08 Å². The molecule has 1 amide bonds. The molecule has 0 saturated carbocycles. The van der Waals surface area contributed by atoms with Crippen molar-refractivity contribution in [3.8, 4) is 11.5 Å². The highest BCUT2D eigenvalue weighted by Crippen LogP contribution is 2.35. The second-order valence-electron chi connectivity index (χ2n) is 6.91. The predicted octanol–water partition coefficient (Wildman–Crippen LogP) is 5.56. The molecule has 32 heavy (non-hydrogen) atoms. The minimum atomic E-state index is -0.111. The van der Waals surface area contributed by atoms with Crippen LogP contribution in [0.1, 0.15) is 11.1 Å². The molecule has 0 bridgehead atoms. The summed E-state index contributed by atoms with van der Waals surface area (Å²) in [7, 11) is 3.29. The molecule has 0 atom stereocenters. The minimum absolute atomic E-state index is 0.111. The standard InChI is InChI=1S/C24H20ClN3O3S/c1-28-23(29)22(32-24(28)27-19-4-3-11-26-14-19)13-17-7-10-20(21(12-17)30-2)31-15-16-5-8-18(25)9-6-16/h3-14H,15H2,1-2H3/b22-13-,27-24?. The van der Waals surface area contributed by atoms with E-state index in [1.54, 1.807) is 32.6 Å². The van der Waals surface area contributed by atoms with E-state index in [-0.39, 0.29) is 5.91 Å². The monoisotopic (exact) mass is 465 g/mol. The molecule has 0 aliphatic carbocycles. The molecule has 2 aromatic carbocycles. The lowest BCUT2D eigenvalue weighted by molar-refractivity contribution is -0.121. The Kier molecular flexibility index (Phi) is 6.78. The van der Waals surface area contributed by atoms with Gasteiger partial charge in [-0.15, -0.1) is 0 Å². The largest absolute Gasteiger partial charge is 0.493 e. The molecule has 8 heteroatoms. The highest BCUT2D eigenvalue weighted by atomic mass is 35.5. The molecule has 1 aromatic heterocycles. The Hall–Kier alpha value is -3.29.